The Hall–Kier alpha value is -2.47. The Balaban J connectivity index is 1.56. The first-order chi connectivity index (χ1) is 12.1. The highest BCUT2D eigenvalue weighted by Crippen LogP contribution is 2.21. The lowest BCUT2D eigenvalue weighted by Gasteiger charge is -2.28. The molecule has 1 amide bonds. The van der Waals surface area contributed by atoms with E-state index >= 15 is 0 Å². The van der Waals surface area contributed by atoms with Crippen molar-refractivity contribution in [2.45, 2.75) is 19.4 Å². The first-order valence-electron chi connectivity index (χ1n) is 8.70. The van der Waals surface area contributed by atoms with Crippen LogP contribution >= 0.6 is 0 Å². The van der Waals surface area contributed by atoms with Gasteiger partial charge in [0, 0.05) is 32.0 Å². The second kappa shape index (κ2) is 8.07. The van der Waals surface area contributed by atoms with E-state index in [2.05, 4.69) is 49.4 Å². The Morgan fingerprint density at radius 1 is 1.20 bits per heavy atom. The summed E-state index contributed by atoms with van der Waals surface area (Å²) in [5.41, 5.74) is 3.22. The molecule has 0 bridgehead atoms. The predicted molar refractivity (Wildman–Crippen MR) is 98.7 cm³/mol. The number of benzene rings is 1. The molecule has 0 fully saturated rings. The van der Waals surface area contributed by atoms with Crippen molar-refractivity contribution < 1.29 is 4.79 Å². The molecule has 2 aromatic rings. The summed E-state index contributed by atoms with van der Waals surface area (Å²) in [7, 11) is 4.04. The highest BCUT2D eigenvalue weighted by molar-refractivity contribution is 5.93. The number of hydrogen-bond donors (Lipinski definition) is 1. The van der Waals surface area contributed by atoms with Crippen LogP contribution in [-0.4, -0.2) is 54.5 Å². The van der Waals surface area contributed by atoms with E-state index in [9.17, 15) is 4.79 Å². The van der Waals surface area contributed by atoms with Gasteiger partial charge in [-0.3, -0.25) is 4.79 Å². The minimum atomic E-state index is -0.116. The van der Waals surface area contributed by atoms with Gasteiger partial charge in [-0.05, 0) is 44.6 Å². The van der Waals surface area contributed by atoms with E-state index in [1.807, 2.05) is 14.1 Å². The Kier molecular flexibility index (Phi) is 5.60. The van der Waals surface area contributed by atoms with Crippen LogP contribution in [0.15, 0.2) is 36.7 Å². The van der Waals surface area contributed by atoms with Crippen molar-refractivity contribution in [3.8, 4) is 0 Å². The number of carbonyl (C=O) groups excluding carboxylic acids is 1. The molecule has 25 heavy (non-hydrogen) atoms. The number of hydrogen-bond acceptors (Lipinski definition) is 5. The Labute approximate surface area is 148 Å². The zero-order chi connectivity index (χ0) is 17.6. The second-order valence-corrected chi connectivity index (χ2v) is 6.62. The van der Waals surface area contributed by atoms with Gasteiger partial charge in [-0.2, -0.15) is 0 Å². The lowest BCUT2D eigenvalue weighted by molar-refractivity contribution is 0.0951. The van der Waals surface area contributed by atoms with E-state index in [1.165, 1.54) is 11.1 Å². The normalized spacial score (nSPS) is 13.6. The van der Waals surface area contributed by atoms with E-state index in [-0.39, 0.29) is 5.91 Å². The summed E-state index contributed by atoms with van der Waals surface area (Å²) in [4.78, 5) is 25.2. The van der Waals surface area contributed by atoms with E-state index in [0.717, 1.165) is 32.5 Å². The van der Waals surface area contributed by atoms with Crippen molar-refractivity contribution >= 4 is 11.9 Å². The lowest BCUT2D eigenvalue weighted by atomic mass is 10.0. The zero-order valence-corrected chi connectivity index (χ0v) is 14.9. The molecule has 1 aromatic carbocycles. The minimum absolute atomic E-state index is 0.116. The molecule has 132 valence electrons. The van der Waals surface area contributed by atoms with Crippen LogP contribution in [0.3, 0.4) is 0 Å². The summed E-state index contributed by atoms with van der Waals surface area (Å²) in [5.74, 6) is 0.563. The first kappa shape index (κ1) is 17.4. The molecule has 1 N–H and O–H groups in total. The van der Waals surface area contributed by atoms with Crippen molar-refractivity contribution in [2.75, 3.05) is 38.6 Å². The number of fused-ring (bicyclic) bond motifs is 1. The number of rotatable bonds is 6. The van der Waals surface area contributed by atoms with Crippen LogP contribution < -0.4 is 10.2 Å². The molecule has 6 heteroatoms. The quantitative estimate of drug-likeness (QED) is 0.812. The highest BCUT2D eigenvalue weighted by atomic mass is 16.1. The maximum Gasteiger partial charge on any atom is 0.254 e. The number of carbonyl (C=O) groups is 1. The summed E-state index contributed by atoms with van der Waals surface area (Å²) >= 11 is 0. The highest BCUT2D eigenvalue weighted by Gasteiger charge is 2.18. The van der Waals surface area contributed by atoms with Crippen LogP contribution in [-0.2, 0) is 13.0 Å². The summed E-state index contributed by atoms with van der Waals surface area (Å²) < 4.78 is 0. The fourth-order valence-corrected chi connectivity index (χ4v) is 2.97. The van der Waals surface area contributed by atoms with Crippen molar-refractivity contribution in [2.24, 2.45) is 0 Å². The molecule has 0 spiro atoms. The maximum atomic E-state index is 12.1. The fourth-order valence-electron chi connectivity index (χ4n) is 2.97. The van der Waals surface area contributed by atoms with E-state index < -0.39 is 0 Å². The number of nitrogens with one attached hydrogen (secondary N) is 1. The van der Waals surface area contributed by atoms with Crippen LogP contribution in [0.25, 0.3) is 0 Å². The average molecular weight is 339 g/mol. The molecule has 0 saturated carbocycles. The molecule has 2 heterocycles. The predicted octanol–water partition coefficient (Wildman–Crippen LogP) is 1.72. The number of amides is 1. The fraction of sp³-hybridized carbons (Fsp3) is 0.421. The maximum absolute atomic E-state index is 12.1. The summed E-state index contributed by atoms with van der Waals surface area (Å²) in [6.07, 6.45) is 5.15. The van der Waals surface area contributed by atoms with Crippen molar-refractivity contribution in [3.05, 3.63) is 53.3 Å². The van der Waals surface area contributed by atoms with Crippen LogP contribution in [0.2, 0.25) is 0 Å². The molecular formula is C19H25N5O. The van der Waals surface area contributed by atoms with Crippen LogP contribution in [0.5, 0.6) is 0 Å². The summed E-state index contributed by atoms with van der Waals surface area (Å²) in [6.45, 7) is 3.31. The Bertz CT molecular complexity index is 714. The van der Waals surface area contributed by atoms with Gasteiger partial charge in [0.05, 0.1) is 5.56 Å². The van der Waals surface area contributed by atoms with Crippen molar-refractivity contribution in [1.82, 2.24) is 20.2 Å². The number of nitrogens with zero attached hydrogens (tertiary/aromatic N) is 4. The summed E-state index contributed by atoms with van der Waals surface area (Å²) in [6, 6.07) is 8.47. The smallest absolute Gasteiger partial charge is 0.254 e. The van der Waals surface area contributed by atoms with Crippen molar-refractivity contribution in [1.29, 1.82) is 0 Å². The molecule has 0 aliphatic carbocycles. The number of aromatic nitrogens is 2. The molecule has 1 aromatic heterocycles. The van der Waals surface area contributed by atoms with Gasteiger partial charge in [0.25, 0.3) is 5.91 Å². The van der Waals surface area contributed by atoms with Crippen molar-refractivity contribution in [3.63, 3.8) is 0 Å². The molecule has 0 atom stereocenters. The van der Waals surface area contributed by atoms with Gasteiger partial charge in [-0.15, -0.1) is 0 Å². The monoisotopic (exact) mass is 339 g/mol. The zero-order valence-electron chi connectivity index (χ0n) is 14.9. The third kappa shape index (κ3) is 4.54. The van der Waals surface area contributed by atoms with E-state index in [4.69, 9.17) is 0 Å². The third-order valence-corrected chi connectivity index (χ3v) is 4.38. The van der Waals surface area contributed by atoms with Gasteiger partial charge in [-0.25, -0.2) is 9.97 Å². The van der Waals surface area contributed by atoms with E-state index in [1.54, 1.807) is 12.4 Å². The third-order valence-electron chi connectivity index (χ3n) is 4.38. The van der Waals surface area contributed by atoms with Crippen LogP contribution in [0.4, 0.5) is 5.95 Å². The van der Waals surface area contributed by atoms with Gasteiger partial charge in [0.2, 0.25) is 5.95 Å². The van der Waals surface area contributed by atoms with Gasteiger partial charge < -0.3 is 15.1 Å². The largest absolute Gasteiger partial charge is 0.352 e. The Morgan fingerprint density at radius 3 is 2.64 bits per heavy atom. The number of anilines is 1. The molecular weight excluding hydrogens is 314 g/mol. The van der Waals surface area contributed by atoms with Gasteiger partial charge in [-0.1, -0.05) is 24.3 Å². The van der Waals surface area contributed by atoms with Gasteiger partial charge in [0.15, 0.2) is 0 Å². The molecule has 0 saturated heterocycles. The molecule has 6 nitrogen and oxygen atoms in total. The van der Waals surface area contributed by atoms with Crippen LogP contribution in [0.1, 0.15) is 27.9 Å². The molecule has 1 aliphatic rings. The molecule has 1 aliphatic heterocycles. The van der Waals surface area contributed by atoms with E-state index in [0.29, 0.717) is 18.1 Å². The molecule has 3 rings (SSSR count). The Morgan fingerprint density at radius 2 is 1.92 bits per heavy atom. The first-order valence-corrected chi connectivity index (χ1v) is 8.70. The minimum Gasteiger partial charge on any atom is -0.352 e. The average Bonchev–Trinajstić information content (AvgIpc) is 2.64. The van der Waals surface area contributed by atoms with Crippen LogP contribution in [0, 0.1) is 0 Å². The SMILES string of the molecule is CN(C)CCCNC(=O)c1cnc(N2CCc3ccccc3C2)nc1. The standard InChI is InChI=1S/C19H25N5O/c1-23(2)10-5-9-20-18(25)17-12-21-19(22-13-17)24-11-8-15-6-3-4-7-16(15)14-24/h3-4,6-7,12-13H,5,8-11,14H2,1-2H3,(H,20,25). The molecule has 0 unspecified atom stereocenters. The molecule has 0 radical (unpaired) electrons. The lowest BCUT2D eigenvalue weighted by Crippen LogP contribution is -2.32. The van der Waals surface area contributed by atoms with Gasteiger partial charge >= 0.3 is 0 Å². The topological polar surface area (TPSA) is 61.4 Å². The summed E-state index contributed by atoms with van der Waals surface area (Å²) in [5, 5.41) is 2.91. The van der Waals surface area contributed by atoms with Gasteiger partial charge in [0.1, 0.15) is 0 Å². The second-order valence-electron chi connectivity index (χ2n) is 6.62.